The Bertz CT molecular complexity index is 350. The van der Waals surface area contributed by atoms with Crippen LogP contribution < -0.4 is 5.73 Å². The maximum Gasteiger partial charge on any atom is 0.156 e. The van der Waals surface area contributed by atoms with Gasteiger partial charge in [-0.1, -0.05) is 0 Å². The van der Waals surface area contributed by atoms with Crippen molar-refractivity contribution in [1.82, 2.24) is 0 Å². The lowest BCUT2D eigenvalue weighted by atomic mass is 10.3. The molecule has 0 fully saturated rings. The molecule has 0 aliphatic rings. The third-order valence-electron chi connectivity index (χ3n) is 1.46. The van der Waals surface area contributed by atoms with Crippen LogP contribution in [0.3, 0.4) is 0 Å². The molecule has 0 aliphatic heterocycles. The number of aromatic hydroxyl groups is 1. The molecule has 1 aromatic carbocycles. The van der Waals surface area contributed by atoms with E-state index < -0.39 is 5.75 Å². The van der Waals surface area contributed by atoms with Crippen molar-refractivity contribution in [2.24, 2.45) is 0 Å². The summed E-state index contributed by atoms with van der Waals surface area (Å²) in [5.74, 6) is -0.574. The van der Waals surface area contributed by atoms with Gasteiger partial charge in [-0.15, -0.1) is 0 Å². The third-order valence-corrected chi connectivity index (χ3v) is 3.15. The molecule has 0 bridgehead atoms. The number of halogens is 3. The van der Waals surface area contributed by atoms with Gasteiger partial charge in [0.15, 0.2) is 5.75 Å². The molecule has 0 saturated carbocycles. The van der Waals surface area contributed by atoms with Crippen LogP contribution >= 0.6 is 36.4 Å². The van der Waals surface area contributed by atoms with Crippen LogP contribution in [0, 0.1) is 0 Å². The quantitative estimate of drug-likeness (QED) is 0.636. The highest BCUT2D eigenvalue weighted by Crippen LogP contribution is 2.46. The first kappa shape index (κ1) is 11.7. The van der Waals surface area contributed by atoms with E-state index in [-0.39, 0.29) is 56.8 Å². The van der Waals surface area contributed by atoms with E-state index in [2.05, 4.69) is 0 Å². The Labute approximate surface area is 91.3 Å². The van der Waals surface area contributed by atoms with Crippen LogP contribution in [0.15, 0.2) is 20.8 Å². The minimum Gasteiger partial charge on any atom is -0.505 e. The van der Waals surface area contributed by atoms with E-state index in [1.807, 2.05) is 0 Å². The molecule has 0 heterocycles. The van der Waals surface area contributed by atoms with Crippen molar-refractivity contribution < 1.29 is 16.8 Å². The molecule has 0 atom stereocenters. The number of benzene rings is 1. The van der Waals surface area contributed by atoms with Crippen LogP contribution in [0.2, 0.25) is 0 Å². The molecule has 0 spiro atoms. The number of nitrogens with two attached hydrogens (primary N) is 1. The van der Waals surface area contributed by atoms with Gasteiger partial charge in [-0.2, -0.15) is 11.7 Å². The van der Waals surface area contributed by atoms with Gasteiger partial charge in [0.1, 0.15) is 0 Å². The molecule has 2 nitrogen and oxygen atoms in total. The van der Waals surface area contributed by atoms with Crippen LogP contribution in [-0.4, -0.2) is 5.11 Å². The largest absolute Gasteiger partial charge is 0.505 e. The van der Waals surface area contributed by atoms with E-state index in [1.54, 1.807) is 0 Å². The topological polar surface area (TPSA) is 46.2 Å². The summed E-state index contributed by atoms with van der Waals surface area (Å²) >= 11 is -0.840. The Balaban J connectivity index is 3.38. The number of anilines is 1. The second-order valence-corrected chi connectivity index (χ2v) is 3.95. The summed E-state index contributed by atoms with van der Waals surface area (Å²) in [6.07, 6.45) is 0. The zero-order chi connectivity index (χ0) is 10.7. The summed E-state index contributed by atoms with van der Waals surface area (Å²) in [5, 5.41) is 9.23. The maximum absolute atomic E-state index is 12.3. The number of phenols is 1. The van der Waals surface area contributed by atoms with Crippen LogP contribution in [-0.2, 0) is 0 Å². The molecule has 0 aromatic heterocycles. The summed E-state index contributed by atoms with van der Waals surface area (Å²) in [6, 6.07) is 0.989. The van der Waals surface area contributed by atoms with Crippen LogP contribution in [0.25, 0.3) is 0 Å². The molecule has 0 amide bonds. The fourth-order valence-electron chi connectivity index (χ4n) is 0.822. The first-order valence-electron chi connectivity index (χ1n) is 3.16. The average Bonchev–Trinajstić information content (AvgIpc) is 2.21. The van der Waals surface area contributed by atoms with Crippen molar-refractivity contribution in [3.8, 4) is 5.75 Å². The van der Waals surface area contributed by atoms with Gasteiger partial charge in [-0.3, -0.25) is 0 Å². The van der Waals surface area contributed by atoms with Gasteiger partial charge in [0, 0.05) is 0 Å². The number of phenolic OH excluding ortho intramolecular Hbond substituents is 1. The van der Waals surface area contributed by atoms with Crippen molar-refractivity contribution in [3.05, 3.63) is 6.07 Å². The van der Waals surface area contributed by atoms with Crippen LogP contribution in [0.4, 0.5) is 17.3 Å². The Morgan fingerprint density at radius 3 is 2.07 bits per heavy atom. The second-order valence-electron chi connectivity index (χ2n) is 2.20. The van der Waals surface area contributed by atoms with Gasteiger partial charge in [-0.25, -0.2) is 0 Å². The highest BCUT2D eigenvalue weighted by atomic mass is 32.2. The normalized spacial score (nSPS) is 10.5. The number of rotatable bonds is 3. The Morgan fingerprint density at radius 1 is 1.07 bits per heavy atom. The van der Waals surface area contributed by atoms with Gasteiger partial charge in [0.2, 0.25) is 0 Å². The number of hydrogen-bond donors (Lipinski definition) is 2. The number of nitrogen functional groups attached to an aromatic ring is 1. The van der Waals surface area contributed by atoms with E-state index in [0.717, 1.165) is 6.07 Å². The lowest BCUT2D eigenvalue weighted by Crippen LogP contribution is -1.92. The minimum atomic E-state index is -0.574. The number of hydrogen-bond acceptors (Lipinski definition) is 5. The predicted octanol–water partition coefficient (Wildman–Crippen LogP) is 3.90. The first-order valence-corrected chi connectivity index (χ1v) is 5.32. The van der Waals surface area contributed by atoms with E-state index in [9.17, 15) is 16.8 Å². The van der Waals surface area contributed by atoms with Gasteiger partial charge in [0.25, 0.3) is 0 Å². The monoisotopic (exact) mass is 259 g/mol. The molecular formula is C6H4F3NOS3. The predicted molar refractivity (Wildman–Crippen MR) is 53.4 cm³/mol. The highest BCUT2D eigenvalue weighted by Gasteiger charge is 2.17. The Hall–Kier alpha value is -0.340. The second kappa shape index (κ2) is 4.94. The zero-order valence-corrected chi connectivity index (χ0v) is 8.91. The lowest BCUT2D eigenvalue weighted by molar-refractivity contribution is 0.462. The fraction of sp³-hybridized carbons (Fsp3) is 0. The van der Waals surface area contributed by atoms with Crippen molar-refractivity contribution >= 4 is 42.1 Å². The molecule has 78 valence electrons. The molecule has 0 radical (unpaired) electrons. The standard InChI is InChI=1S/C6H4F3NOS3/c7-12-2-1-3(13-8)6(14-9)4(10)5(2)11/h1,11H,10H2. The molecule has 0 aliphatic carbocycles. The summed E-state index contributed by atoms with van der Waals surface area (Å²) in [6.45, 7) is 0. The van der Waals surface area contributed by atoms with E-state index in [4.69, 9.17) is 5.73 Å². The third kappa shape index (κ3) is 2.01. The Kier molecular flexibility index (Phi) is 4.14. The van der Waals surface area contributed by atoms with Gasteiger partial charge in [-0.05, 0) is 6.07 Å². The molecule has 0 unspecified atom stereocenters. The van der Waals surface area contributed by atoms with Crippen molar-refractivity contribution in [1.29, 1.82) is 0 Å². The van der Waals surface area contributed by atoms with Crippen LogP contribution in [0.5, 0.6) is 5.75 Å². The molecule has 0 saturated heterocycles. The summed E-state index contributed by atoms with van der Waals surface area (Å²) in [7, 11) is 0. The summed E-state index contributed by atoms with van der Waals surface area (Å²) < 4.78 is 36.8. The zero-order valence-electron chi connectivity index (χ0n) is 6.46. The van der Waals surface area contributed by atoms with E-state index in [0.29, 0.717) is 0 Å². The van der Waals surface area contributed by atoms with Gasteiger partial charge in [0.05, 0.1) is 56.8 Å². The molecule has 8 heteroatoms. The van der Waals surface area contributed by atoms with E-state index in [1.165, 1.54) is 0 Å². The summed E-state index contributed by atoms with van der Waals surface area (Å²) in [5.41, 5.74) is 4.91. The maximum atomic E-state index is 12.3. The molecular weight excluding hydrogens is 255 g/mol. The van der Waals surface area contributed by atoms with Crippen molar-refractivity contribution in [2.45, 2.75) is 14.7 Å². The van der Waals surface area contributed by atoms with Crippen molar-refractivity contribution in [2.75, 3.05) is 5.73 Å². The highest BCUT2D eigenvalue weighted by molar-refractivity contribution is 7.97. The lowest BCUT2D eigenvalue weighted by Gasteiger charge is -2.08. The molecule has 1 rings (SSSR count). The Morgan fingerprint density at radius 2 is 1.64 bits per heavy atom. The smallest absolute Gasteiger partial charge is 0.156 e. The average molecular weight is 259 g/mol. The first-order chi connectivity index (χ1) is 6.65. The minimum absolute atomic E-state index is 0.159. The molecule has 14 heavy (non-hydrogen) atoms. The molecule has 1 aromatic rings. The SMILES string of the molecule is Nc1c(O)c(SF)cc(SF)c1SF. The van der Waals surface area contributed by atoms with Gasteiger partial charge < -0.3 is 10.8 Å². The fourth-order valence-corrected chi connectivity index (χ4v) is 2.09. The molecule has 3 N–H and O–H groups in total. The van der Waals surface area contributed by atoms with Gasteiger partial charge >= 0.3 is 0 Å². The van der Waals surface area contributed by atoms with E-state index >= 15 is 0 Å². The van der Waals surface area contributed by atoms with Crippen LogP contribution in [0.1, 0.15) is 0 Å². The summed E-state index contributed by atoms with van der Waals surface area (Å²) in [4.78, 5) is -0.638. The van der Waals surface area contributed by atoms with Crippen molar-refractivity contribution in [3.63, 3.8) is 0 Å².